The second kappa shape index (κ2) is 9.16. The summed E-state index contributed by atoms with van der Waals surface area (Å²) in [5, 5.41) is 12.9. The topological polar surface area (TPSA) is 93.2 Å². The number of benzene rings is 2. The molecule has 1 atom stereocenters. The van der Waals surface area contributed by atoms with Crippen molar-refractivity contribution in [2.75, 3.05) is 11.6 Å². The van der Waals surface area contributed by atoms with Gasteiger partial charge in [-0.05, 0) is 37.1 Å². The minimum atomic E-state index is -3.83. The zero-order chi connectivity index (χ0) is 24.6. The molecule has 9 heteroatoms. The molecule has 0 aliphatic carbocycles. The molecule has 5 aromatic rings. The van der Waals surface area contributed by atoms with Gasteiger partial charge >= 0.3 is 0 Å². The van der Waals surface area contributed by atoms with Crippen LogP contribution in [0.3, 0.4) is 0 Å². The van der Waals surface area contributed by atoms with Gasteiger partial charge in [-0.1, -0.05) is 55.0 Å². The van der Waals surface area contributed by atoms with Crippen molar-refractivity contribution in [1.82, 2.24) is 18.6 Å². The maximum atomic E-state index is 13.4. The highest BCUT2D eigenvalue weighted by Crippen LogP contribution is 2.28. The van der Waals surface area contributed by atoms with E-state index in [-0.39, 0.29) is 17.5 Å². The summed E-state index contributed by atoms with van der Waals surface area (Å²) in [7, 11) is -3.83. The van der Waals surface area contributed by atoms with Crippen molar-refractivity contribution in [2.24, 2.45) is 0 Å². The lowest BCUT2D eigenvalue weighted by molar-refractivity contribution is 0.238. The highest BCUT2D eigenvalue weighted by atomic mass is 32.2. The highest BCUT2D eigenvalue weighted by Gasteiger charge is 2.24. The Kier molecular flexibility index (Phi) is 6.04. The third-order valence-corrected chi connectivity index (χ3v) is 7.99. The molecule has 1 unspecified atom stereocenters. The molecular formula is C26H27N5O3S. The standard InChI is InChI=1S/C26H27N5O3S/c1-3-21(17-32)29(16-20-7-5-4-6-8-20)30-18-28-24-15-27-26-23(25(24)30)13-14-31(26)35(33,34)22-11-9-19(2)10-12-22/h4-15,18,21,32H,3,16-17H2,1-2H3. The smallest absolute Gasteiger partial charge is 0.269 e. The number of imidazole rings is 1. The number of hydrogen-bond donors (Lipinski definition) is 1. The molecule has 35 heavy (non-hydrogen) atoms. The molecule has 1 N–H and O–H groups in total. The zero-order valence-corrected chi connectivity index (χ0v) is 20.4. The molecule has 5 rings (SSSR count). The quantitative estimate of drug-likeness (QED) is 0.356. The lowest BCUT2D eigenvalue weighted by atomic mass is 10.1. The third-order valence-electron chi connectivity index (χ3n) is 6.31. The van der Waals surface area contributed by atoms with Crippen LogP contribution in [-0.4, -0.2) is 44.8 Å². The Labute approximate surface area is 204 Å². The van der Waals surface area contributed by atoms with Crippen LogP contribution in [0.4, 0.5) is 0 Å². The van der Waals surface area contributed by atoms with Gasteiger partial charge in [0, 0.05) is 11.6 Å². The monoisotopic (exact) mass is 489 g/mol. The second-order valence-electron chi connectivity index (χ2n) is 8.58. The Balaban J connectivity index is 1.67. The fourth-order valence-corrected chi connectivity index (χ4v) is 5.65. The van der Waals surface area contributed by atoms with Gasteiger partial charge in [0.25, 0.3) is 10.0 Å². The summed E-state index contributed by atoms with van der Waals surface area (Å²) in [6, 6.07) is 18.4. The minimum Gasteiger partial charge on any atom is -0.394 e. The molecule has 0 aliphatic rings. The first kappa shape index (κ1) is 23.1. The lowest BCUT2D eigenvalue weighted by Crippen LogP contribution is -2.44. The van der Waals surface area contributed by atoms with Gasteiger partial charge in [0.15, 0.2) is 5.65 Å². The number of nitrogens with zero attached hydrogens (tertiary/aromatic N) is 5. The summed E-state index contributed by atoms with van der Waals surface area (Å²) in [4.78, 5) is 9.20. The molecule has 0 saturated carbocycles. The lowest BCUT2D eigenvalue weighted by Gasteiger charge is -2.33. The summed E-state index contributed by atoms with van der Waals surface area (Å²) < 4.78 is 30.0. The zero-order valence-electron chi connectivity index (χ0n) is 19.6. The molecule has 180 valence electrons. The number of fused-ring (bicyclic) bond motifs is 3. The first-order valence-corrected chi connectivity index (χ1v) is 12.9. The van der Waals surface area contributed by atoms with Crippen LogP contribution in [-0.2, 0) is 16.6 Å². The minimum absolute atomic E-state index is 0.0277. The van der Waals surface area contributed by atoms with Crippen molar-refractivity contribution >= 4 is 32.1 Å². The number of aliphatic hydroxyl groups excluding tert-OH is 1. The second-order valence-corrected chi connectivity index (χ2v) is 10.4. The van der Waals surface area contributed by atoms with Gasteiger partial charge in [-0.3, -0.25) is 0 Å². The molecule has 8 nitrogen and oxygen atoms in total. The number of hydrogen-bond acceptors (Lipinski definition) is 6. The summed E-state index contributed by atoms with van der Waals surface area (Å²) in [5.74, 6) is 0. The average Bonchev–Trinajstić information content (AvgIpc) is 3.49. The summed E-state index contributed by atoms with van der Waals surface area (Å²) in [5.41, 5.74) is 3.80. The van der Waals surface area contributed by atoms with E-state index < -0.39 is 10.0 Å². The van der Waals surface area contributed by atoms with E-state index in [9.17, 15) is 13.5 Å². The van der Waals surface area contributed by atoms with Gasteiger partial charge in [0.2, 0.25) is 0 Å². The normalized spacial score (nSPS) is 12.9. The van der Waals surface area contributed by atoms with Crippen molar-refractivity contribution in [3.8, 4) is 0 Å². The van der Waals surface area contributed by atoms with E-state index >= 15 is 0 Å². The van der Waals surface area contributed by atoms with Gasteiger partial charge in [0.05, 0.1) is 30.3 Å². The van der Waals surface area contributed by atoms with Crippen molar-refractivity contribution < 1.29 is 13.5 Å². The maximum Gasteiger partial charge on any atom is 0.269 e. The fourth-order valence-electron chi connectivity index (χ4n) is 4.35. The maximum absolute atomic E-state index is 13.4. The van der Waals surface area contributed by atoms with Crippen LogP contribution >= 0.6 is 0 Å². The van der Waals surface area contributed by atoms with Crippen LogP contribution in [0.5, 0.6) is 0 Å². The molecule has 2 aromatic carbocycles. The molecule has 0 spiro atoms. The number of aliphatic hydroxyl groups is 1. The molecule has 0 saturated heterocycles. The molecule has 3 aromatic heterocycles. The average molecular weight is 490 g/mol. The van der Waals surface area contributed by atoms with E-state index in [2.05, 4.69) is 15.0 Å². The predicted octanol–water partition coefficient (Wildman–Crippen LogP) is 3.84. The number of rotatable bonds is 8. The largest absolute Gasteiger partial charge is 0.394 e. The van der Waals surface area contributed by atoms with Crippen LogP contribution in [0.25, 0.3) is 22.1 Å². The van der Waals surface area contributed by atoms with Gasteiger partial charge in [-0.15, -0.1) is 0 Å². The number of aryl methyl sites for hydroxylation is 1. The van der Waals surface area contributed by atoms with E-state index in [1.165, 1.54) is 10.2 Å². The Morgan fingerprint density at radius 3 is 2.46 bits per heavy atom. The van der Waals surface area contributed by atoms with Crippen molar-refractivity contribution in [1.29, 1.82) is 0 Å². The van der Waals surface area contributed by atoms with Crippen LogP contribution in [0.1, 0.15) is 24.5 Å². The molecular weight excluding hydrogens is 462 g/mol. The van der Waals surface area contributed by atoms with E-state index in [0.29, 0.717) is 23.1 Å². The Bertz CT molecular complexity index is 1570. The van der Waals surface area contributed by atoms with Gasteiger partial charge in [-0.2, -0.15) is 0 Å². The summed E-state index contributed by atoms with van der Waals surface area (Å²) >= 11 is 0. The summed E-state index contributed by atoms with van der Waals surface area (Å²) in [6.45, 7) is 4.47. The molecule has 3 heterocycles. The van der Waals surface area contributed by atoms with E-state index in [1.54, 1.807) is 42.9 Å². The number of pyridine rings is 1. The Hall–Kier alpha value is -3.69. The fraction of sp³-hybridized carbons (Fsp3) is 0.231. The SMILES string of the molecule is CCC(CO)N(Cc1ccccc1)n1cnc2cnc3c(ccn3S(=O)(=O)c3ccc(C)cc3)c21. The predicted molar refractivity (Wildman–Crippen MR) is 136 cm³/mol. The first-order valence-electron chi connectivity index (χ1n) is 11.5. The third kappa shape index (κ3) is 4.06. The van der Waals surface area contributed by atoms with Crippen LogP contribution in [0.15, 0.2) is 84.3 Å². The molecule has 0 aliphatic heterocycles. The van der Waals surface area contributed by atoms with Gasteiger partial charge < -0.3 is 10.1 Å². The van der Waals surface area contributed by atoms with Crippen molar-refractivity contribution in [3.05, 3.63) is 90.5 Å². The van der Waals surface area contributed by atoms with Crippen molar-refractivity contribution in [3.63, 3.8) is 0 Å². The molecule has 0 amide bonds. The van der Waals surface area contributed by atoms with E-state index in [0.717, 1.165) is 23.1 Å². The Morgan fingerprint density at radius 1 is 1.03 bits per heavy atom. The molecule has 0 bridgehead atoms. The highest BCUT2D eigenvalue weighted by molar-refractivity contribution is 7.90. The molecule has 0 fully saturated rings. The number of aromatic nitrogens is 4. The van der Waals surface area contributed by atoms with Crippen LogP contribution in [0, 0.1) is 6.92 Å². The van der Waals surface area contributed by atoms with Crippen LogP contribution < -0.4 is 5.01 Å². The van der Waals surface area contributed by atoms with Gasteiger partial charge in [0.1, 0.15) is 17.4 Å². The molecule has 0 radical (unpaired) electrons. The van der Waals surface area contributed by atoms with E-state index in [1.807, 2.05) is 48.9 Å². The van der Waals surface area contributed by atoms with Crippen LogP contribution in [0.2, 0.25) is 0 Å². The Morgan fingerprint density at radius 2 is 1.77 bits per heavy atom. The van der Waals surface area contributed by atoms with Crippen molar-refractivity contribution in [2.45, 2.75) is 37.8 Å². The summed E-state index contributed by atoms with van der Waals surface area (Å²) in [6.07, 6.45) is 5.56. The first-order chi connectivity index (χ1) is 16.9. The van der Waals surface area contributed by atoms with E-state index in [4.69, 9.17) is 0 Å². The van der Waals surface area contributed by atoms with Gasteiger partial charge in [-0.25, -0.2) is 27.0 Å².